The molecule has 4 nitrogen and oxygen atoms in total. The third-order valence-corrected chi connectivity index (χ3v) is 6.33. The van der Waals surface area contributed by atoms with E-state index < -0.39 is 12.7 Å². The van der Waals surface area contributed by atoms with E-state index in [1.807, 2.05) is 68.4 Å². The number of imidazole rings is 1. The minimum atomic E-state index is -2.09. The molecule has 0 saturated carbocycles. The van der Waals surface area contributed by atoms with Gasteiger partial charge in [-0.25, -0.2) is 4.98 Å². The van der Waals surface area contributed by atoms with Gasteiger partial charge in [0.25, 0.3) is 0 Å². The van der Waals surface area contributed by atoms with Crippen molar-refractivity contribution in [2.24, 2.45) is 0 Å². The molecule has 189 valence electrons. The number of nitrogens with zero attached hydrogens (tertiary/aromatic N) is 4. The molecule has 3 aromatic carbocycles. The topological polar surface area (TPSA) is 43.1 Å². The fraction of sp³-hybridized carbons (Fsp3) is 0.121. The molecule has 0 saturated heterocycles. The number of pyridine rings is 3. The van der Waals surface area contributed by atoms with E-state index in [1.54, 1.807) is 24.4 Å². The summed E-state index contributed by atoms with van der Waals surface area (Å²) < 4.78 is 32.5. The predicted octanol–water partition coefficient (Wildman–Crippen LogP) is 7.97. The maximum absolute atomic E-state index is 8.60. The first-order valence-corrected chi connectivity index (χ1v) is 12.1. The largest absolute Gasteiger partial charge is 0.335 e. The van der Waals surface area contributed by atoms with Crippen LogP contribution in [0.1, 0.15) is 36.4 Å². The third kappa shape index (κ3) is 4.60. The van der Waals surface area contributed by atoms with E-state index in [1.165, 1.54) is 6.20 Å². The van der Waals surface area contributed by atoms with Gasteiger partial charge in [-0.2, -0.15) is 0 Å². The summed E-state index contributed by atoms with van der Waals surface area (Å²) in [6.07, 6.45) is 3.18. The zero-order valence-corrected chi connectivity index (χ0v) is 23.3. The van der Waals surface area contributed by atoms with Gasteiger partial charge in [-0.15, -0.1) is 65.5 Å². The van der Waals surface area contributed by atoms with E-state index in [-0.39, 0.29) is 25.7 Å². The van der Waals surface area contributed by atoms with Crippen LogP contribution in [0.5, 0.6) is 0 Å². The Morgan fingerprint density at radius 3 is 2.45 bits per heavy atom. The van der Waals surface area contributed by atoms with Crippen molar-refractivity contribution in [1.29, 1.82) is 0 Å². The molecule has 7 aromatic rings. The molecular formula is C33H26IrN4-2. The predicted molar refractivity (Wildman–Crippen MR) is 152 cm³/mol. The summed E-state index contributed by atoms with van der Waals surface area (Å²) in [5, 5.41) is 1.90. The maximum atomic E-state index is 8.60. The summed E-state index contributed by atoms with van der Waals surface area (Å²) in [4.78, 5) is 13.7. The van der Waals surface area contributed by atoms with Crippen molar-refractivity contribution in [1.82, 2.24) is 19.4 Å². The fourth-order valence-corrected chi connectivity index (χ4v) is 4.64. The summed E-state index contributed by atoms with van der Waals surface area (Å²) in [7, 11) is 0. The van der Waals surface area contributed by atoms with Gasteiger partial charge in [-0.3, -0.25) is 0 Å². The van der Waals surface area contributed by atoms with Gasteiger partial charge < -0.3 is 14.4 Å². The van der Waals surface area contributed by atoms with Crippen molar-refractivity contribution in [2.45, 2.75) is 26.6 Å². The van der Waals surface area contributed by atoms with Crippen molar-refractivity contribution in [2.75, 3.05) is 0 Å². The Bertz CT molecular complexity index is 2010. The van der Waals surface area contributed by atoms with Gasteiger partial charge in [-0.05, 0) is 53.3 Å². The molecule has 4 aromatic heterocycles. The quantitative estimate of drug-likeness (QED) is 0.138. The van der Waals surface area contributed by atoms with Crippen molar-refractivity contribution in [3.8, 4) is 11.3 Å². The van der Waals surface area contributed by atoms with Gasteiger partial charge in [0.1, 0.15) is 5.65 Å². The van der Waals surface area contributed by atoms with Crippen LogP contribution in [0.4, 0.5) is 0 Å². The van der Waals surface area contributed by atoms with Crippen LogP contribution in [0.2, 0.25) is 0 Å². The summed E-state index contributed by atoms with van der Waals surface area (Å²) in [6, 6.07) is 33.2. The van der Waals surface area contributed by atoms with Gasteiger partial charge in [0.2, 0.25) is 0 Å². The number of hydrogen-bond acceptors (Lipinski definition) is 3. The first-order valence-electron chi connectivity index (χ1n) is 14.1. The smallest absolute Gasteiger partial charge is 0.130 e. The fourth-order valence-electron chi connectivity index (χ4n) is 4.64. The van der Waals surface area contributed by atoms with E-state index in [9.17, 15) is 0 Å². The average Bonchev–Trinajstić information content (AvgIpc) is 3.37. The molecule has 0 fully saturated rings. The average molecular weight is 675 g/mol. The number of benzene rings is 3. The molecule has 0 unspecified atom stereocenters. The van der Waals surface area contributed by atoms with Crippen LogP contribution in [0.25, 0.3) is 49.7 Å². The zero-order chi connectivity index (χ0) is 28.8. The van der Waals surface area contributed by atoms with Gasteiger partial charge in [-0.1, -0.05) is 38.1 Å². The maximum Gasteiger partial charge on any atom is 0.130 e. The number of aromatic nitrogens is 4. The van der Waals surface area contributed by atoms with Crippen molar-refractivity contribution >= 4 is 38.5 Å². The first kappa shape index (κ1) is 21.1. The van der Waals surface area contributed by atoms with E-state index in [0.717, 1.165) is 55.3 Å². The summed E-state index contributed by atoms with van der Waals surface area (Å²) >= 11 is 0. The Balaban J connectivity index is 0.000000181. The van der Waals surface area contributed by atoms with Crippen LogP contribution in [-0.4, -0.2) is 19.4 Å². The number of aryl methyl sites for hydroxylation is 1. The van der Waals surface area contributed by atoms with E-state index in [2.05, 4.69) is 38.6 Å². The molecule has 5 heteroatoms. The Morgan fingerprint density at radius 1 is 0.868 bits per heavy atom. The monoisotopic (exact) mass is 675 g/mol. The normalized spacial score (nSPS) is 13.2. The molecule has 1 radical (unpaired) electrons. The van der Waals surface area contributed by atoms with Gasteiger partial charge in [0.15, 0.2) is 0 Å². The van der Waals surface area contributed by atoms with Crippen LogP contribution >= 0.6 is 0 Å². The molecule has 0 aliphatic heterocycles. The van der Waals surface area contributed by atoms with Crippen LogP contribution in [-0.2, 0) is 20.1 Å². The molecule has 0 atom stereocenters. The molecule has 4 heterocycles. The molecule has 0 aliphatic carbocycles. The molecule has 7 rings (SSSR count). The molecule has 0 bridgehead atoms. The first-order chi connectivity index (χ1) is 19.6. The Labute approximate surface area is 241 Å². The second-order valence-electron chi connectivity index (χ2n) is 8.98. The van der Waals surface area contributed by atoms with E-state index in [4.69, 9.17) is 10.5 Å². The standard InChI is InChI=1S/C21H16N3.C12H10N.Ir/c1-13(2)14-11-12-22-20-15-7-3-5-9-17(15)24-18-10-6-4-8-16(18)23-21(24)19(14)20;1-10-7-8-12(13-9-10)11-5-3-2-4-6-11;/h3-6,8-13H,1-2H3;2-5,7-9H,1H3;/q2*-1;/i13D;1D3;. The van der Waals surface area contributed by atoms with Gasteiger partial charge >= 0.3 is 0 Å². The summed E-state index contributed by atoms with van der Waals surface area (Å²) in [6.45, 7) is 1.71. The van der Waals surface area contributed by atoms with Crippen LogP contribution in [0.3, 0.4) is 0 Å². The Kier molecular flexibility index (Phi) is 6.00. The minimum absolute atomic E-state index is 0. The number of para-hydroxylation sites is 2. The third-order valence-electron chi connectivity index (χ3n) is 6.33. The summed E-state index contributed by atoms with van der Waals surface area (Å²) in [5.41, 5.74) is 7.52. The second-order valence-corrected chi connectivity index (χ2v) is 8.98. The van der Waals surface area contributed by atoms with Crippen LogP contribution < -0.4 is 0 Å². The number of rotatable bonds is 2. The molecule has 38 heavy (non-hydrogen) atoms. The minimum Gasteiger partial charge on any atom is -0.335 e. The SMILES string of the molecule is [2H]C(C)(C)c1ccnc2c3[c-]cccc3n3c4ccccc4nc3c12.[2H]C([2H])([2H])c1ccc(-c2[c-]cccc2)nc1.[Ir]. The molecule has 0 spiro atoms. The Morgan fingerprint density at radius 2 is 1.68 bits per heavy atom. The second kappa shape index (κ2) is 10.8. The summed E-state index contributed by atoms with van der Waals surface area (Å²) in [5.74, 6) is -0.748. The Hall–Kier alpha value is -3.92. The van der Waals surface area contributed by atoms with Crippen molar-refractivity contribution in [3.63, 3.8) is 0 Å². The molecule has 0 aliphatic rings. The van der Waals surface area contributed by atoms with Gasteiger partial charge in [0, 0.05) is 48.9 Å². The number of hydrogen-bond donors (Lipinski definition) is 0. The van der Waals surface area contributed by atoms with Crippen LogP contribution in [0, 0.1) is 19.0 Å². The van der Waals surface area contributed by atoms with Gasteiger partial charge in [0.05, 0.1) is 11.0 Å². The number of fused-ring (bicyclic) bond motifs is 8. The molecular weight excluding hydrogens is 645 g/mol. The van der Waals surface area contributed by atoms with E-state index >= 15 is 0 Å². The van der Waals surface area contributed by atoms with Crippen molar-refractivity contribution in [3.05, 3.63) is 121 Å². The van der Waals surface area contributed by atoms with Crippen molar-refractivity contribution < 1.29 is 25.6 Å². The molecule has 0 N–H and O–H groups in total. The zero-order valence-electron chi connectivity index (χ0n) is 24.9. The van der Waals surface area contributed by atoms with E-state index in [0.29, 0.717) is 0 Å². The van der Waals surface area contributed by atoms with Crippen LogP contribution in [0.15, 0.2) is 97.3 Å². The molecule has 0 amide bonds.